The van der Waals surface area contributed by atoms with Crippen molar-refractivity contribution in [3.8, 4) is 17.2 Å². The van der Waals surface area contributed by atoms with Crippen molar-refractivity contribution in [3.05, 3.63) is 114 Å². The Labute approximate surface area is 264 Å². The smallest absolute Gasteiger partial charge is 0.323 e. The molecule has 0 saturated carbocycles. The number of benzene rings is 4. The molecular formula is C36H40N4O5. The molecule has 3 N–H and O–H groups in total. The van der Waals surface area contributed by atoms with Gasteiger partial charge >= 0.3 is 6.03 Å². The number of aliphatic hydroxyl groups excluding tert-OH is 1. The molecule has 9 nitrogen and oxygen atoms in total. The van der Waals surface area contributed by atoms with Crippen LogP contribution in [0, 0.1) is 5.92 Å². The summed E-state index contributed by atoms with van der Waals surface area (Å²) < 4.78 is 12.5. The average molecular weight is 609 g/mol. The summed E-state index contributed by atoms with van der Waals surface area (Å²) in [5.74, 6) is 1.73. The van der Waals surface area contributed by atoms with Crippen molar-refractivity contribution in [2.24, 2.45) is 5.92 Å². The fourth-order valence-corrected chi connectivity index (χ4v) is 5.30. The number of rotatable bonds is 10. The lowest BCUT2D eigenvalue weighted by Crippen LogP contribution is -2.49. The molecule has 9 heteroatoms. The maximum absolute atomic E-state index is 13.8. The number of fused-ring (bicyclic) bond motifs is 1. The number of likely N-dealkylation sites (N-methyl/N-ethyl adjacent to an activating group) is 1. The Balaban J connectivity index is 1.29. The molecule has 3 amide bonds. The number of nitrogens with zero attached hydrogens (tertiary/aromatic N) is 2. The second-order valence-corrected chi connectivity index (χ2v) is 11.5. The van der Waals surface area contributed by atoms with Gasteiger partial charge < -0.3 is 30.1 Å². The van der Waals surface area contributed by atoms with Crippen LogP contribution < -0.4 is 20.1 Å². The van der Waals surface area contributed by atoms with Crippen molar-refractivity contribution in [1.82, 2.24) is 9.80 Å². The third kappa shape index (κ3) is 8.41. The molecule has 0 radical (unpaired) electrons. The summed E-state index contributed by atoms with van der Waals surface area (Å²) in [6, 6.07) is 31.1. The predicted octanol–water partition coefficient (Wildman–Crippen LogP) is 6.48. The zero-order chi connectivity index (χ0) is 31.8. The molecule has 234 valence electrons. The van der Waals surface area contributed by atoms with E-state index in [0.29, 0.717) is 42.3 Å². The normalized spacial score (nSPS) is 17.0. The SMILES string of the molecule is C[C@H]1CN([C@@H](C)CO)C(=O)c2cc(NC(=O)Nc3ccccc3)ccc2O[C@@H]1CN(C)Cc1ccc(Oc2ccccc2)cc1. The van der Waals surface area contributed by atoms with Crippen molar-refractivity contribution < 1.29 is 24.2 Å². The minimum atomic E-state index is -0.422. The van der Waals surface area contributed by atoms with E-state index < -0.39 is 6.03 Å². The summed E-state index contributed by atoms with van der Waals surface area (Å²) in [7, 11) is 2.04. The van der Waals surface area contributed by atoms with E-state index >= 15 is 0 Å². The van der Waals surface area contributed by atoms with Gasteiger partial charge in [-0.1, -0.05) is 55.5 Å². The zero-order valence-electron chi connectivity index (χ0n) is 25.9. The molecule has 0 bridgehead atoms. The molecule has 0 spiro atoms. The van der Waals surface area contributed by atoms with Crippen LogP contribution in [-0.4, -0.2) is 65.7 Å². The molecule has 0 fully saturated rings. The van der Waals surface area contributed by atoms with E-state index in [0.717, 1.165) is 17.1 Å². The fourth-order valence-electron chi connectivity index (χ4n) is 5.30. The highest BCUT2D eigenvalue weighted by molar-refractivity contribution is 6.02. The summed E-state index contributed by atoms with van der Waals surface area (Å²) in [5.41, 5.74) is 2.58. The standard InChI is InChI=1S/C36H40N4O5/c1-25-21-40(26(2)24-41)35(42)32-20-29(38-36(43)37-28-10-6-4-7-11-28)16-19-33(32)45-34(25)23-39(3)22-27-14-17-31(18-15-27)44-30-12-8-5-9-13-30/h4-20,25-26,34,41H,21-24H2,1-3H3,(H2,37,38,43)/t25-,26-,34+/m0/s1. The van der Waals surface area contributed by atoms with Crippen molar-refractivity contribution in [2.45, 2.75) is 32.5 Å². The Morgan fingerprint density at radius 2 is 1.60 bits per heavy atom. The molecule has 5 rings (SSSR count). The number of hydrogen-bond acceptors (Lipinski definition) is 6. The number of urea groups is 1. The maximum Gasteiger partial charge on any atom is 0.323 e. The van der Waals surface area contributed by atoms with Gasteiger partial charge in [0, 0.05) is 36.9 Å². The summed E-state index contributed by atoms with van der Waals surface area (Å²) in [6.07, 6.45) is -0.240. The van der Waals surface area contributed by atoms with Crippen LogP contribution in [0.5, 0.6) is 17.2 Å². The predicted molar refractivity (Wildman–Crippen MR) is 176 cm³/mol. The van der Waals surface area contributed by atoms with E-state index in [1.54, 1.807) is 35.2 Å². The highest BCUT2D eigenvalue weighted by Crippen LogP contribution is 2.31. The zero-order valence-corrected chi connectivity index (χ0v) is 25.9. The minimum Gasteiger partial charge on any atom is -0.488 e. The monoisotopic (exact) mass is 608 g/mol. The van der Waals surface area contributed by atoms with Gasteiger partial charge in [-0.25, -0.2) is 4.79 Å². The lowest BCUT2D eigenvalue weighted by Gasteiger charge is -2.38. The summed E-state index contributed by atoms with van der Waals surface area (Å²) in [6.45, 7) is 5.44. The fraction of sp³-hybridized carbons (Fsp3) is 0.278. The van der Waals surface area contributed by atoms with Gasteiger partial charge in [0.2, 0.25) is 0 Å². The van der Waals surface area contributed by atoms with Gasteiger partial charge in [-0.2, -0.15) is 0 Å². The molecule has 0 unspecified atom stereocenters. The molecule has 3 atom stereocenters. The van der Waals surface area contributed by atoms with Gasteiger partial charge in [0.15, 0.2) is 0 Å². The van der Waals surface area contributed by atoms with E-state index in [4.69, 9.17) is 9.47 Å². The molecule has 0 aromatic heterocycles. The number of carbonyl (C=O) groups is 2. The van der Waals surface area contributed by atoms with Crippen LogP contribution in [0.1, 0.15) is 29.8 Å². The van der Waals surface area contributed by atoms with Crippen molar-refractivity contribution in [2.75, 3.05) is 37.4 Å². The van der Waals surface area contributed by atoms with Gasteiger partial charge in [-0.15, -0.1) is 0 Å². The lowest BCUT2D eigenvalue weighted by molar-refractivity contribution is 0.0341. The number of nitrogens with one attached hydrogen (secondary N) is 2. The first kappa shape index (κ1) is 31.6. The molecule has 1 heterocycles. The Kier molecular flexibility index (Phi) is 10.3. The van der Waals surface area contributed by atoms with Crippen molar-refractivity contribution >= 4 is 23.3 Å². The van der Waals surface area contributed by atoms with Gasteiger partial charge in [0.1, 0.15) is 23.4 Å². The van der Waals surface area contributed by atoms with E-state index in [1.165, 1.54) is 0 Å². The highest BCUT2D eigenvalue weighted by Gasteiger charge is 2.33. The van der Waals surface area contributed by atoms with E-state index in [-0.39, 0.29) is 30.6 Å². The van der Waals surface area contributed by atoms with E-state index in [1.807, 2.05) is 74.6 Å². The van der Waals surface area contributed by atoms with Crippen LogP contribution in [-0.2, 0) is 6.54 Å². The molecule has 45 heavy (non-hydrogen) atoms. The molecule has 0 aliphatic carbocycles. The highest BCUT2D eigenvalue weighted by atomic mass is 16.5. The van der Waals surface area contributed by atoms with Crippen molar-refractivity contribution in [1.29, 1.82) is 0 Å². The second-order valence-electron chi connectivity index (χ2n) is 11.5. The lowest BCUT2D eigenvalue weighted by atomic mass is 9.99. The van der Waals surface area contributed by atoms with Crippen LogP contribution in [0.3, 0.4) is 0 Å². The number of ether oxygens (including phenoxy) is 2. The van der Waals surface area contributed by atoms with Gasteiger partial charge in [-0.05, 0) is 74.1 Å². The number of para-hydroxylation sites is 2. The largest absolute Gasteiger partial charge is 0.488 e. The topological polar surface area (TPSA) is 103 Å². The number of hydrogen-bond donors (Lipinski definition) is 3. The second kappa shape index (κ2) is 14.7. The third-order valence-electron chi connectivity index (χ3n) is 7.80. The third-order valence-corrected chi connectivity index (χ3v) is 7.80. The van der Waals surface area contributed by atoms with Crippen LogP contribution in [0.15, 0.2) is 103 Å². The molecule has 4 aromatic rings. The van der Waals surface area contributed by atoms with E-state index in [2.05, 4.69) is 34.6 Å². The van der Waals surface area contributed by atoms with Crippen molar-refractivity contribution in [3.63, 3.8) is 0 Å². The van der Waals surface area contributed by atoms with Gasteiger partial charge in [0.25, 0.3) is 5.91 Å². The Hall–Kier alpha value is -4.86. The molecule has 0 saturated heterocycles. The average Bonchev–Trinajstić information content (AvgIpc) is 3.04. The molecule has 1 aliphatic rings. The van der Waals surface area contributed by atoms with Crippen LogP contribution >= 0.6 is 0 Å². The van der Waals surface area contributed by atoms with Gasteiger partial charge in [-0.3, -0.25) is 9.69 Å². The van der Waals surface area contributed by atoms with Crippen LogP contribution in [0.2, 0.25) is 0 Å². The number of carbonyl (C=O) groups excluding carboxylic acids is 2. The summed E-state index contributed by atoms with van der Waals surface area (Å²) in [5, 5.41) is 15.6. The van der Waals surface area contributed by atoms with Crippen LogP contribution in [0.4, 0.5) is 16.2 Å². The molecular weight excluding hydrogens is 568 g/mol. The molecule has 4 aromatic carbocycles. The Morgan fingerprint density at radius 1 is 0.956 bits per heavy atom. The van der Waals surface area contributed by atoms with Gasteiger partial charge in [0.05, 0.1) is 18.2 Å². The maximum atomic E-state index is 13.8. The molecule has 1 aliphatic heterocycles. The first-order valence-corrected chi connectivity index (χ1v) is 15.1. The summed E-state index contributed by atoms with van der Waals surface area (Å²) in [4.78, 5) is 30.3. The quantitative estimate of drug-likeness (QED) is 0.191. The van der Waals surface area contributed by atoms with E-state index in [9.17, 15) is 14.7 Å². The first-order valence-electron chi connectivity index (χ1n) is 15.1. The summed E-state index contributed by atoms with van der Waals surface area (Å²) >= 11 is 0. The number of aliphatic hydroxyl groups is 1. The Morgan fingerprint density at radius 3 is 2.29 bits per heavy atom. The first-order chi connectivity index (χ1) is 21.8. The number of amides is 3. The number of anilines is 2. The minimum absolute atomic E-state index is 0.0188. The van der Waals surface area contributed by atoms with Crippen LogP contribution in [0.25, 0.3) is 0 Å². The Bertz CT molecular complexity index is 1570.